The van der Waals surface area contributed by atoms with Crippen molar-refractivity contribution in [2.24, 2.45) is 11.8 Å². The van der Waals surface area contributed by atoms with Crippen LogP contribution < -0.4 is 0 Å². The summed E-state index contributed by atoms with van der Waals surface area (Å²) in [5.74, 6) is -2.72. The van der Waals surface area contributed by atoms with E-state index in [1.807, 2.05) is 18.4 Å². The van der Waals surface area contributed by atoms with Crippen LogP contribution >= 0.6 is 0 Å². The first-order valence-corrected chi connectivity index (χ1v) is 11.3. The standard InChI is InChI=1S/C26H25NO4/c28-25(29)18-11-5-10-17-21(18)20-12-15-8-4-9-16(14-6-2-1-3-7-14)24(15)27(20)13-19-22(17)23(19)26(30)31/h4-5,8-10,12-14,18,21,23H,1-3,6-7,11H2,(H,28,29)(H,30,31)/t18-,21?,23?/m1/s1. The van der Waals surface area contributed by atoms with Gasteiger partial charge < -0.3 is 14.8 Å². The van der Waals surface area contributed by atoms with Crippen molar-refractivity contribution in [3.8, 4) is 0 Å². The van der Waals surface area contributed by atoms with Gasteiger partial charge in [0, 0.05) is 23.2 Å². The number of nitrogens with zero attached hydrogens (tertiary/aromatic N) is 1. The third kappa shape index (κ3) is 2.68. The average Bonchev–Trinajstić information content (AvgIpc) is 3.41. The topological polar surface area (TPSA) is 79.5 Å². The lowest BCUT2D eigenvalue weighted by atomic mass is 9.77. The summed E-state index contributed by atoms with van der Waals surface area (Å²) >= 11 is 0. The minimum absolute atomic E-state index is 0.331. The number of carbonyl (C=O) groups is 2. The van der Waals surface area contributed by atoms with E-state index in [-0.39, 0.29) is 5.92 Å². The molecule has 6 rings (SSSR count). The Labute approximate surface area is 180 Å². The van der Waals surface area contributed by atoms with Crippen LogP contribution in [0.2, 0.25) is 0 Å². The van der Waals surface area contributed by atoms with Gasteiger partial charge in [-0.3, -0.25) is 9.59 Å². The van der Waals surface area contributed by atoms with Gasteiger partial charge in [0.25, 0.3) is 0 Å². The highest BCUT2D eigenvalue weighted by atomic mass is 16.4. The number of para-hydroxylation sites is 1. The van der Waals surface area contributed by atoms with Crippen LogP contribution in [0.3, 0.4) is 0 Å². The fourth-order valence-corrected chi connectivity index (χ4v) is 6.23. The van der Waals surface area contributed by atoms with Crippen LogP contribution in [0.25, 0.3) is 17.1 Å². The predicted molar refractivity (Wildman–Crippen MR) is 118 cm³/mol. The molecule has 2 unspecified atom stereocenters. The number of benzene rings is 1. The van der Waals surface area contributed by atoms with E-state index in [0.29, 0.717) is 12.3 Å². The molecule has 5 heteroatoms. The maximum Gasteiger partial charge on any atom is 0.315 e. The number of carboxylic acid groups (broad SMARTS) is 2. The molecule has 31 heavy (non-hydrogen) atoms. The zero-order valence-electron chi connectivity index (χ0n) is 17.3. The van der Waals surface area contributed by atoms with Gasteiger partial charge in [-0.25, -0.2) is 0 Å². The van der Waals surface area contributed by atoms with E-state index in [0.717, 1.165) is 33.3 Å². The monoisotopic (exact) mass is 415 g/mol. The van der Waals surface area contributed by atoms with Crippen molar-refractivity contribution in [1.82, 2.24) is 4.57 Å². The lowest BCUT2D eigenvalue weighted by Crippen LogP contribution is -2.26. The minimum Gasteiger partial charge on any atom is -0.481 e. The zero-order valence-corrected chi connectivity index (χ0v) is 17.3. The highest BCUT2D eigenvalue weighted by Crippen LogP contribution is 2.56. The lowest BCUT2D eigenvalue weighted by molar-refractivity contribution is -0.142. The van der Waals surface area contributed by atoms with E-state index in [2.05, 4.69) is 28.8 Å². The molecule has 2 aromatic rings. The normalized spacial score (nSPS) is 27.2. The van der Waals surface area contributed by atoms with Crippen LogP contribution in [0.4, 0.5) is 0 Å². The molecule has 2 heterocycles. The number of carboxylic acids is 2. The average molecular weight is 415 g/mol. The summed E-state index contributed by atoms with van der Waals surface area (Å²) in [6.07, 6.45) is 12.4. The van der Waals surface area contributed by atoms with Crippen molar-refractivity contribution in [1.29, 1.82) is 0 Å². The summed E-state index contributed by atoms with van der Waals surface area (Å²) in [4.78, 5) is 24.1. The fourth-order valence-electron chi connectivity index (χ4n) is 6.23. The van der Waals surface area contributed by atoms with Gasteiger partial charge in [0.2, 0.25) is 0 Å². The van der Waals surface area contributed by atoms with E-state index in [1.54, 1.807) is 0 Å². The summed E-state index contributed by atoms with van der Waals surface area (Å²) < 4.78 is 2.14. The number of hydrogen-bond acceptors (Lipinski definition) is 2. The molecule has 3 atom stereocenters. The van der Waals surface area contributed by atoms with Crippen LogP contribution in [0.15, 0.2) is 53.1 Å². The van der Waals surface area contributed by atoms with Crippen LogP contribution in [0.5, 0.6) is 0 Å². The summed E-state index contributed by atoms with van der Waals surface area (Å²) in [6, 6.07) is 8.55. The highest BCUT2D eigenvalue weighted by molar-refractivity contribution is 5.96. The van der Waals surface area contributed by atoms with Crippen LogP contribution in [0.1, 0.15) is 61.6 Å². The summed E-state index contributed by atoms with van der Waals surface area (Å²) in [6.45, 7) is 0. The molecule has 1 aromatic carbocycles. The molecule has 1 aliphatic heterocycles. The first-order chi connectivity index (χ1) is 15.1. The Morgan fingerprint density at radius 3 is 2.58 bits per heavy atom. The molecule has 2 N–H and O–H groups in total. The molecule has 0 bridgehead atoms. The van der Waals surface area contributed by atoms with Crippen molar-refractivity contribution in [3.63, 3.8) is 0 Å². The van der Waals surface area contributed by atoms with E-state index in [4.69, 9.17) is 0 Å². The van der Waals surface area contributed by atoms with Crippen LogP contribution in [0, 0.1) is 11.8 Å². The minimum atomic E-state index is -0.856. The number of allylic oxidation sites excluding steroid dienone is 3. The Bertz CT molecular complexity index is 1220. The van der Waals surface area contributed by atoms with Gasteiger partial charge in [-0.15, -0.1) is 0 Å². The summed E-state index contributed by atoms with van der Waals surface area (Å²) in [5.41, 5.74) is 5.92. The largest absolute Gasteiger partial charge is 0.481 e. The molecule has 2 fully saturated rings. The van der Waals surface area contributed by atoms with Crippen LogP contribution in [-0.4, -0.2) is 26.7 Å². The SMILES string of the molecule is O=C(O)C1C2=Cn3c(cc4cccc(C5CCCCC5)c43)C3C(=C21)C=CC[C@H]3C(=O)O. The van der Waals surface area contributed by atoms with Crippen molar-refractivity contribution < 1.29 is 19.8 Å². The van der Waals surface area contributed by atoms with Gasteiger partial charge in [-0.05, 0) is 53.5 Å². The molecule has 0 spiro atoms. The fraction of sp³-hybridized carbons (Fsp3) is 0.385. The molecule has 2 saturated carbocycles. The Kier molecular flexibility index (Phi) is 4.04. The molecular weight excluding hydrogens is 390 g/mol. The molecule has 0 radical (unpaired) electrons. The Balaban J connectivity index is 1.62. The third-order valence-electron chi connectivity index (χ3n) is 7.68. The van der Waals surface area contributed by atoms with E-state index in [1.165, 1.54) is 37.7 Å². The van der Waals surface area contributed by atoms with Gasteiger partial charge in [-0.1, -0.05) is 49.6 Å². The van der Waals surface area contributed by atoms with Crippen molar-refractivity contribution in [2.45, 2.75) is 50.4 Å². The molecule has 0 saturated heterocycles. The Morgan fingerprint density at radius 2 is 1.84 bits per heavy atom. The number of hydrogen-bond donors (Lipinski definition) is 2. The van der Waals surface area contributed by atoms with Crippen molar-refractivity contribution in [2.75, 3.05) is 0 Å². The molecule has 5 nitrogen and oxygen atoms in total. The first kappa shape index (κ1) is 18.7. The second-order valence-corrected chi connectivity index (χ2v) is 9.34. The van der Waals surface area contributed by atoms with E-state index >= 15 is 0 Å². The molecule has 0 amide bonds. The molecular formula is C26H25NO4. The number of rotatable bonds is 3. The third-order valence-corrected chi connectivity index (χ3v) is 7.68. The van der Waals surface area contributed by atoms with E-state index < -0.39 is 23.8 Å². The van der Waals surface area contributed by atoms with Gasteiger partial charge >= 0.3 is 11.9 Å². The first-order valence-electron chi connectivity index (χ1n) is 11.3. The second kappa shape index (κ2) is 6.71. The number of aliphatic carboxylic acids is 2. The predicted octanol–water partition coefficient (Wildman–Crippen LogP) is 5.30. The Hall–Kier alpha value is -3.08. The quantitative estimate of drug-likeness (QED) is 0.713. The van der Waals surface area contributed by atoms with Crippen molar-refractivity contribution >= 4 is 29.0 Å². The Morgan fingerprint density at radius 1 is 1.03 bits per heavy atom. The summed E-state index contributed by atoms with van der Waals surface area (Å²) in [5, 5.41) is 20.9. The number of fused-ring (bicyclic) bond motifs is 6. The smallest absolute Gasteiger partial charge is 0.315 e. The van der Waals surface area contributed by atoms with Gasteiger partial charge in [0.15, 0.2) is 0 Å². The highest BCUT2D eigenvalue weighted by Gasteiger charge is 2.51. The van der Waals surface area contributed by atoms with Crippen molar-refractivity contribution in [3.05, 3.63) is 64.4 Å². The zero-order chi connectivity index (χ0) is 21.3. The van der Waals surface area contributed by atoms with E-state index in [9.17, 15) is 19.8 Å². The van der Waals surface area contributed by atoms with Gasteiger partial charge in [0.05, 0.1) is 11.4 Å². The lowest BCUT2D eigenvalue weighted by Gasteiger charge is -2.28. The second-order valence-electron chi connectivity index (χ2n) is 9.34. The molecule has 3 aliphatic carbocycles. The maximum atomic E-state index is 12.2. The van der Waals surface area contributed by atoms with Crippen LogP contribution in [-0.2, 0) is 9.59 Å². The molecule has 1 aromatic heterocycles. The summed E-state index contributed by atoms with van der Waals surface area (Å²) in [7, 11) is 0. The molecule has 158 valence electrons. The van der Waals surface area contributed by atoms with Gasteiger partial charge in [0.1, 0.15) is 5.92 Å². The number of aromatic nitrogens is 1. The molecule has 4 aliphatic rings. The van der Waals surface area contributed by atoms with Gasteiger partial charge in [-0.2, -0.15) is 0 Å². The maximum absolute atomic E-state index is 12.2.